The van der Waals surface area contributed by atoms with E-state index < -0.39 is 6.23 Å². The van der Waals surface area contributed by atoms with Gasteiger partial charge in [0, 0.05) is 12.6 Å². The number of hydrogen-bond donors (Lipinski definition) is 1. The summed E-state index contributed by atoms with van der Waals surface area (Å²) in [6, 6.07) is 14.7. The summed E-state index contributed by atoms with van der Waals surface area (Å²) in [5.41, 5.74) is 1.81. The summed E-state index contributed by atoms with van der Waals surface area (Å²) in [6.07, 6.45) is 0.122. The maximum Gasteiger partial charge on any atom is 0.229 e. The number of benzene rings is 2. The molecule has 0 aliphatic carbocycles. The van der Waals surface area contributed by atoms with Gasteiger partial charge in [0.2, 0.25) is 6.23 Å². The number of carbonyl (C=O) groups excluding carboxylic acids is 1. The van der Waals surface area contributed by atoms with Crippen molar-refractivity contribution in [3.05, 3.63) is 54.1 Å². The van der Waals surface area contributed by atoms with E-state index in [1.807, 2.05) is 35.2 Å². The number of anilines is 1. The van der Waals surface area contributed by atoms with E-state index in [9.17, 15) is 9.90 Å². The van der Waals surface area contributed by atoms with Crippen molar-refractivity contribution in [3.8, 4) is 11.5 Å². The fourth-order valence-electron chi connectivity index (χ4n) is 2.22. The third-order valence-electron chi connectivity index (χ3n) is 3.12. The van der Waals surface area contributed by atoms with Gasteiger partial charge in [-0.25, -0.2) is 0 Å². The van der Waals surface area contributed by atoms with Crippen LogP contribution in [-0.2, 0) is 11.3 Å². The van der Waals surface area contributed by atoms with Crippen LogP contribution < -0.4 is 9.64 Å². The summed E-state index contributed by atoms with van der Waals surface area (Å²) < 4.78 is 5.54. The Kier molecular flexibility index (Phi) is 2.83. The smallest absolute Gasteiger partial charge is 0.229 e. The van der Waals surface area contributed by atoms with E-state index in [1.54, 1.807) is 18.2 Å². The minimum absolute atomic E-state index is 0.159. The normalized spacial score (nSPS) is 16.8. The van der Waals surface area contributed by atoms with Crippen molar-refractivity contribution < 1.29 is 14.6 Å². The summed E-state index contributed by atoms with van der Waals surface area (Å²) in [5.74, 6) is 0.776. The molecule has 0 saturated heterocycles. The van der Waals surface area contributed by atoms with Crippen LogP contribution in [0.25, 0.3) is 0 Å². The van der Waals surface area contributed by atoms with E-state index in [2.05, 4.69) is 0 Å². The highest BCUT2D eigenvalue weighted by atomic mass is 16.5. The van der Waals surface area contributed by atoms with Gasteiger partial charge in [-0.15, -0.1) is 0 Å². The summed E-state index contributed by atoms with van der Waals surface area (Å²) in [6.45, 7) is 0.556. The lowest BCUT2D eigenvalue weighted by molar-refractivity contribution is -0.113. The van der Waals surface area contributed by atoms with Gasteiger partial charge >= 0.3 is 0 Å². The van der Waals surface area contributed by atoms with Gasteiger partial charge in [-0.3, -0.25) is 4.79 Å². The number of carbonyl (C=O) groups is 1. The van der Waals surface area contributed by atoms with Gasteiger partial charge in [-0.05, 0) is 17.7 Å². The van der Waals surface area contributed by atoms with Crippen molar-refractivity contribution in [3.63, 3.8) is 0 Å². The molecule has 2 aromatic rings. The number of hydrogen-bond acceptors (Lipinski definition) is 4. The highest BCUT2D eigenvalue weighted by Gasteiger charge is 2.30. The molecule has 0 saturated carbocycles. The molecule has 96 valence electrons. The highest BCUT2D eigenvalue weighted by molar-refractivity contribution is 5.74. The molecule has 1 heterocycles. The van der Waals surface area contributed by atoms with Gasteiger partial charge in [0.1, 0.15) is 11.5 Å². The van der Waals surface area contributed by atoms with E-state index in [4.69, 9.17) is 4.74 Å². The predicted octanol–water partition coefficient (Wildman–Crippen LogP) is 2.32. The summed E-state index contributed by atoms with van der Waals surface area (Å²) >= 11 is 0. The zero-order valence-electron chi connectivity index (χ0n) is 10.2. The lowest BCUT2D eigenvalue weighted by atomic mass is 10.2. The molecule has 19 heavy (non-hydrogen) atoms. The number of nitrogens with zero attached hydrogens (tertiary/aromatic N) is 1. The van der Waals surface area contributed by atoms with Crippen LogP contribution in [0.3, 0.4) is 0 Å². The molecule has 0 radical (unpaired) electrons. The van der Waals surface area contributed by atoms with E-state index in [1.165, 1.54) is 0 Å². The van der Waals surface area contributed by atoms with Gasteiger partial charge < -0.3 is 14.7 Å². The molecule has 3 rings (SSSR count). The van der Waals surface area contributed by atoms with E-state index >= 15 is 0 Å². The SMILES string of the molecule is O=CC1Oc2ccc(O)cc2N1Cc1ccccc1. The van der Waals surface area contributed by atoms with Crippen molar-refractivity contribution >= 4 is 12.0 Å². The Balaban J connectivity index is 1.95. The minimum atomic E-state index is -0.642. The number of ether oxygens (including phenoxy) is 1. The minimum Gasteiger partial charge on any atom is -0.508 e. The number of aromatic hydroxyl groups is 1. The van der Waals surface area contributed by atoms with Gasteiger partial charge in [0.15, 0.2) is 6.29 Å². The molecule has 4 heteroatoms. The number of phenolic OH excluding ortho intramolecular Hbond substituents is 1. The monoisotopic (exact) mass is 255 g/mol. The first-order valence-corrected chi connectivity index (χ1v) is 6.03. The molecule has 1 aliphatic rings. The second-order valence-electron chi connectivity index (χ2n) is 4.41. The summed E-state index contributed by atoms with van der Waals surface area (Å²) in [5, 5.41) is 9.57. The van der Waals surface area contributed by atoms with Crippen LogP contribution in [0.4, 0.5) is 5.69 Å². The fraction of sp³-hybridized carbons (Fsp3) is 0.133. The first kappa shape index (κ1) is 11.6. The molecule has 2 aromatic carbocycles. The molecular weight excluding hydrogens is 242 g/mol. The Morgan fingerprint density at radius 1 is 1.21 bits per heavy atom. The van der Waals surface area contributed by atoms with E-state index in [0.29, 0.717) is 12.3 Å². The lowest BCUT2D eigenvalue weighted by Gasteiger charge is -2.21. The van der Waals surface area contributed by atoms with Gasteiger partial charge in [-0.2, -0.15) is 0 Å². The largest absolute Gasteiger partial charge is 0.508 e. The molecule has 0 bridgehead atoms. The van der Waals surface area contributed by atoms with Crippen molar-refractivity contribution in [1.82, 2.24) is 0 Å². The first-order valence-electron chi connectivity index (χ1n) is 6.03. The lowest BCUT2D eigenvalue weighted by Crippen LogP contribution is -2.35. The Hall–Kier alpha value is -2.49. The Morgan fingerprint density at radius 3 is 2.74 bits per heavy atom. The fourth-order valence-corrected chi connectivity index (χ4v) is 2.22. The number of aldehydes is 1. The molecule has 0 spiro atoms. The average molecular weight is 255 g/mol. The molecule has 1 atom stereocenters. The summed E-state index contributed by atoms with van der Waals surface area (Å²) in [7, 11) is 0. The second kappa shape index (κ2) is 4.65. The van der Waals surface area contributed by atoms with Crippen molar-refractivity contribution in [2.75, 3.05) is 4.90 Å². The van der Waals surface area contributed by atoms with Crippen LogP contribution in [0.15, 0.2) is 48.5 Å². The van der Waals surface area contributed by atoms with Crippen molar-refractivity contribution in [2.45, 2.75) is 12.8 Å². The number of phenols is 1. The van der Waals surface area contributed by atoms with E-state index in [0.717, 1.165) is 17.5 Å². The average Bonchev–Trinajstić information content (AvgIpc) is 2.78. The third kappa shape index (κ3) is 2.12. The van der Waals surface area contributed by atoms with Crippen LogP contribution in [-0.4, -0.2) is 17.6 Å². The Labute approximate surface area is 110 Å². The molecule has 4 nitrogen and oxygen atoms in total. The van der Waals surface area contributed by atoms with Gasteiger partial charge in [0.05, 0.1) is 5.69 Å². The maximum atomic E-state index is 11.1. The topological polar surface area (TPSA) is 49.8 Å². The molecule has 0 fully saturated rings. The Bertz CT molecular complexity index is 598. The maximum absolute atomic E-state index is 11.1. The molecule has 1 N–H and O–H groups in total. The van der Waals surface area contributed by atoms with Crippen molar-refractivity contribution in [2.24, 2.45) is 0 Å². The van der Waals surface area contributed by atoms with Crippen LogP contribution in [0.5, 0.6) is 11.5 Å². The molecular formula is C15H13NO3. The third-order valence-corrected chi connectivity index (χ3v) is 3.12. The quantitative estimate of drug-likeness (QED) is 0.855. The van der Waals surface area contributed by atoms with Crippen LogP contribution in [0.1, 0.15) is 5.56 Å². The zero-order chi connectivity index (χ0) is 13.2. The van der Waals surface area contributed by atoms with Gasteiger partial charge in [-0.1, -0.05) is 30.3 Å². The van der Waals surface area contributed by atoms with Crippen LogP contribution >= 0.6 is 0 Å². The predicted molar refractivity (Wildman–Crippen MR) is 71.2 cm³/mol. The van der Waals surface area contributed by atoms with Crippen LogP contribution in [0, 0.1) is 0 Å². The van der Waals surface area contributed by atoms with Crippen molar-refractivity contribution in [1.29, 1.82) is 0 Å². The Morgan fingerprint density at radius 2 is 2.00 bits per heavy atom. The first-order chi connectivity index (χ1) is 9.28. The number of rotatable bonds is 3. The molecule has 1 aliphatic heterocycles. The second-order valence-corrected chi connectivity index (χ2v) is 4.41. The van der Waals surface area contributed by atoms with E-state index in [-0.39, 0.29) is 5.75 Å². The molecule has 1 unspecified atom stereocenters. The van der Waals surface area contributed by atoms with Crippen LogP contribution in [0.2, 0.25) is 0 Å². The highest BCUT2D eigenvalue weighted by Crippen LogP contribution is 2.39. The zero-order valence-corrected chi connectivity index (χ0v) is 10.2. The molecule has 0 amide bonds. The summed E-state index contributed by atoms with van der Waals surface area (Å²) in [4.78, 5) is 13.0. The molecule has 0 aromatic heterocycles. The standard InChI is InChI=1S/C15H13NO3/c17-10-15-16(9-11-4-2-1-3-5-11)13-8-12(18)6-7-14(13)19-15/h1-8,10,15,18H,9H2. The number of fused-ring (bicyclic) bond motifs is 1. The van der Waals surface area contributed by atoms with Gasteiger partial charge in [0.25, 0.3) is 0 Å².